The van der Waals surface area contributed by atoms with E-state index in [1.807, 2.05) is 29.9 Å². The normalized spacial score (nSPS) is 12.5. The second-order valence-corrected chi connectivity index (χ2v) is 6.59. The van der Waals surface area contributed by atoms with E-state index in [0.717, 1.165) is 38.1 Å². The number of hydrogen-bond donors (Lipinski definition) is 1. The maximum Gasteiger partial charge on any atom is 0.124 e. The predicted octanol–water partition coefficient (Wildman–Crippen LogP) is 3.76. The largest absolute Gasteiger partial charge is 0.496 e. The summed E-state index contributed by atoms with van der Waals surface area (Å²) in [5.41, 5.74) is 9.54. The van der Waals surface area contributed by atoms with E-state index in [1.165, 1.54) is 0 Å². The van der Waals surface area contributed by atoms with Gasteiger partial charge in [0.05, 0.1) is 23.0 Å². The number of nitrogens with two attached hydrogens (primary N) is 1. The van der Waals surface area contributed by atoms with Gasteiger partial charge in [0.15, 0.2) is 0 Å². The van der Waals surface area contributed by atoms with Crippen molar-refractivity contribution >= 4 is 31.9 Å². The lowest BCUT2D eigenvalue weighted by atomic mass is 10.0. The van der Waals surface area contributed by atoms with Crippen LogP contribution in [0.2, 0.25) is 0 Å². The number of aryl methyl sites for hydroxylation is 2. The van der Waals surface area contributed by atoms with Gasteiger partial charge in [0.1, 0.15) is 5.75 Å². The first-order valence-electron chi connectivity index (χ1n) is 6.77. The Kier molecular flexibility index (Phi) is 5.46. The second-order valence-electron chi connectivity index (χ2n) is 4.88. The molecule has 1 aromatic heterocycles. The van der Waals surface area contributed by atoms with Gasteiger partial charge in [0, 0.05) is 29.5 Å². The number of nitrogens with zero attached hydrogens (tertiary/aromatic N) is 2. The standard InChI is InChI=1S/C15H19Br2N3O/c1-4-12-15(17)13(20(2)19-12)8-11(18)10-6-5-9(16)7-14(10)21-3/h5-7,11H,4,8,18H2,1-3H3. The molecular weight excluding hydrogens is 398 g/mol. The minimum atomic E-state index is -0.149. The summed E-state index contributed by atoms with van der Waals surface area (Å²) in [7, 11) is 3.61. The van der Waals surface area contributed by atoms with E-state index >= 15 is 0 Å². The van der Waals surface area contributed by atoms with Crippen LogP contribution in [-0.4, -0.2) is 16.9 Å². The van der Waals surface area contributed by atoms with E-state index in [2.05, 4.69) is 43.9 Å². The smallest absolute Gasteiger partial charge is 0.124 e. The average molecular weight is 417 g/mol. The number of benzene rings is 1. The number of halogens is 2. The molecule has 2 N–H and O–H groups in total. The van der Waals surface area contributed by atoms with E-state index in [9.17, 15) is 0 Å². The van der Waals surface area contributed by atoms with Crippen molar-refractivity contribution < 1.29 is 4.74 Å². The van der Waals surface area contributed by atoms with Gasteiger partial charge in [-0.25, -0.2) is 0 Å². The summed E-state index contributed by atoms with van der Waals surface area (Å²) in [6, 6.07) is 5.77. The Balaban J connectivity index is 2.30. The molecule has 0 bridgehead atoms. The highest BCUT2D eigenvalue weighted by Crippen LogP contribution is 2.31. The van der Waals surface area contributed by atoms with Crippen LogP contribution >= 0.6 is 31.9 Å². The van der Waals surface area contributed by atoms with Crippen molar-refractivity contribution in [2.24, 2.45) is 12.8 Å². The summed E-state index contributed by atoms with van der Waals surface area (Å²) in [5, 5.41) is 4.51. The van der Waals surface area contributed by atoms with Gasteiger partial charge >= 0.3 is 0 Å². The molecule has 0 saturated carbocycles. The van der Waals surface area contributed by atoms with Gasteiger partial charge in [-0.2, -0.15) is 5.10 Å². The molecule has 0 fully saturated rings. The fourth-order valence-corrected chi connectivity index (χ4v) is 3.47. The lowest BCUT2D eigenvalue weighted by Gasteiger charge is -2.16. The van der Waals surface area contributed by atoms with Gasteiger partial charge in [-0.1, -0.05) is 28.9 Å². The number of ether oxygens (including phenoxy) is 1. The Hall–Kier alpha value is -0.850. The van der Waals surface area contributed by atoms with Crippen LogP contribution in [-0.2, 0) is 19.9 Å². The van der Waals surface area contributed by atoms with Gasteiger partial charge in [0.2, 0.25) is 0 Å². The van der Waals surface area contributed by atoms with Crippen LogP contribution in [0.25, 0.3) is 0 Å². The van der Waals surface area contributed by atoms with Crippen LogP contribution < -0.4 is 10.5 Å². The first-order valence-corrected chi connectivity index (χ1v) is 8.35. The zero-order valence-electron chi connectivity index (χ0n) is 12.4. The quantitative estimate of drug-likeness (QED) is 0.807. The fraction of sp³-hybridized carbons (Fsp3) is 0.400. The molecule has 114 valence electrons. The van der Waals surface area contributed by atoms with Crippen molar-refractivity contribution in [3.05, 3.63) is 44.1 Å². The lowest BCUT2D eigenvalue weighted by molar-refractivity contribution is 0.404. The monoisotopic (exact) mass is 415 g/mol. The average Bonchev–Trinajstić information content (AvgIpc) is 2.74. The Labute approximate surface area is 141 Å². The molecule has 0 radical (unpaired) electrons. The molecule has 4 nitrogen and oxygen atoms in total. The molecule has 0 aliphatic heterocycles. The molecule has 1 aromatic carbocycles. The highest BCUT2D eigenvalue weighted by molar-refractivity contribution is 9.10. The molecule has 0 aliphatic carbocycles. The van der Waals surface area contributed by atoms with Gasteiger partial charge < -0.3 is 10.5 Å². The SMILES string of the molecule is CCc1nn(C)c(CC(N)c2ccc(Br)cc2OC)c1Br. The molecule has 2 aromatic rings. The summed E-state index contributed by atoms with van der Waals surface area (Å²) in [4.78, 5) is 0. The van der Waals surface area contributed by atoms with E-state index in [0.29, 0.717) is 6.42 Å². The third-order valence-electron chi connectivity index (χ3n) is 3.51. The van der Waals surface area contributed by atoms with E-state index in [-0.39, 0.29) is 6.04 Å². The van der Waals surface area contributed by atoms with Gasteiger partial charge in [0.25, 0.3) is 0 Å². The van der Waals surface area contributed by atoms with Gasteiger partial charge in [-0.3, -0.25) is 4.68 Å². The topological polar surface area (TPSA) is 53.1 Å². The zero-order valence-corrected chi connectivity index (χ0v) is 15.5. The van der Waals surface area contributed by atoms with E-state index < -0.39 is 0 Å². The van der Waals surface area contributed by atoms with Crippen LogP contribution in [0.1, 0.15) is 29.9 Å². The third kappa shape index (κ3) is 3.49. The molecular formula is C15H19Br2N3O. The minimum Gasteiger partial charge on any atom is -0.496 e. The molecule has 2 rings (SSSR count). The highest BCUT2D eigenvalue weighted by atomic mass is 79.9. The molecule has 0 spiro atoms. The molecule has 0 aliphatic rings. The predicted molar refractivity (Wildman–Crippen MR) is 91.6 cm³/mol. The summed E-state index contributed by atoms with van der Waals surface area (Å²) >= 11 is 7.08. The highest BCUT2D eigenvalue weighted by Gasteiger charge is 2.19. The maximum atomic E-state index is 6.38. The summed E-state index contributed by atoms with van der Waals surface area (Å²) in [6.07, 6.45) is 1.59. The maximum absolute atomic E-state index is 6.38. The van der Waals surface area contributed by atoms with Crippen LogP contribution in [0.5, 0.6) is 5.75 Å². The number of methoxy groups -OCH3 is 1. The molecule has 21 heavy (non-hydrogen) atoms. The summed E-state index contributed by atoms with van der Waals surface area (Å²) in [5.74, 6) is 0.797. The van der Waals surface area contributed by atoms with Crippen LogP contribution in [0.3, 0.4) is 0 Å². The number of aromatic nitrogens is 2. The molecule has 1 unspecified atom stereocenters. The van der Waals surface area contributed by atoms with Crippen molar-refractivity contribution in [2.75, 3.05) is 7.11 Å². The Morgan fingerprint density at radius 1 is 1.38 bits per heavy atom. The first kappa shape index (κ1) is 16.5. The minimum absolute atomic E-state index is 0.149. The summed E-state index contributed by atoms with van der Waals surface area (Å²) in [6.45, 7) is 2.09. The molecule has 0 saturated heterocycles. The van der Waals surface area contributed by atoms with E-state index in [4.69, 9.17) is 10.5 Å². The van der Waals surface area contributed by atoms with Crippen molar-refractivity contribution in [3.8, 4) is 5.75 Å². The van der Waals surface area contributed by atoms with Crippen LogP contribution in [0, 0.1) is 0 Å². The lowest BCUT2D eigenvalue weighted by Crippen LogP contribution is -2.16. The molecule has 0 amide bonds. The molecule has 1 heterocycles. The van der Waals surface area contributed by atoms with Crippen LogP contribution in [0.15, 0.2) is 27.1 Å². The number of hydrogen-bond acceptors (Lipinski definition) is 3. The Morgan fingerprint density at radius 3 is 2.67 bits per heavy atom. The second kappa shape index (κ2) is 6.94. The van der Waals surface area contributed by atoms with Gasteiger partial charge in [-0.05, 0) is 34.5 Å². The van der Waals surface area contributed by atoms with Crippen molar-refractivity contribution in [2.45, 2.75) is 25.8 Å². The third-order valence-corrected chi connectivity index (χ3v) is 4.92. The van der Waals surface area contributed by atoms with Crippen molar-refractivity contribution in [1.82, 2.24) is 9.78 Å². The Bertz CT molecular complexity index is 640. The first-order chi connectivity index (χ1) is 9.97. The molecule has 6 heteroatoms. The molecule has 1 atom stereocenters. The van der Waals surface area contributed by atoms with Gasteiger partial charge in [-0.15, -0.1) is 0 Å². The van der Waals surface area contributed by atoms with Crippen LogP contribution in [0.4, 0.5) is 0 Å². The number of rotatable bonds is 5. The van der Waals surface area contributed by atoms with Crippen molar-refractivity contribution in [1.29, 1.82) is 0 Å². The van der Waals surface area contributed by atoms with E-state index in [1.54, 1.807) is 7.11 Å². The zero-order chi connectivity index (χ0) is 15.6. The van der Waals surface area contributed by atoms with Crippen molar-refractivity contribution in [3.63, 3.8) is 0 Å². The summed E-state index contributed by atoms with van der Waals surface area (Å²) < 4.78 is 9.36. The Morgan fingerprint density at radius 2 is 2.10 bits per heavy atom. The fourth-order valence-electron chi connectivity index (χ4n) is 2.35.